The van der Waals surface area contributed by atoms with Gasteiger partial charge in [-0.3, -0.25) is 0 Å². The molecule has 0 saturated heterocycles. The van der Waals surface area contributed by atoms with E-state index in [-0.39, 0.29) is 11.4 Å². The molecule has 0 aliphatic heterocycles. The average molecular weight is 435 g/mol. The molecule has 1 unspecified atom stereocenters. The molecule has 1 heterocycles. The zero-order valence-corrected chi connectivity index (χ0v) is 16.6. The van der Waals surface area contributed by atoms with E-state index >= 15 is 0 Å². The number of thiophene rings is 1. The molecule has 0 fully saturated rings. The molecule has 0 aliphatic rings. The number of methoxy groups -OCH3 is 2. The summed E-state index contributed by atoms with van der Waals surface area (Å²) in [6.07, 6.45) is 0. The quantitative estimate of drug-likeness (QED) is 0.516. The van der Waals surface area contributed by atoms with Crippen molar-refractivity contribution in [2.75, 3.05) is 27.8 Å². The molecule has 0 N–H and O–H groups in total. The summed E-state index contributed by atoms with van der Waals surface area (Å²) < 4.78 is 36.3. The normalized spacial score (nSPS) is 14.0. The molecule has 0 amide bonds. The largest absolute Gasteiger partial charge is 0.497 e. The zero-order valence-electron chi connectivity index (χ0n) is 13.4. The van der Waals surface area contributed by atoms with Gasteiger partial charge in [0.1, 0.15) is 10.6 Å². The molecule has 0 saturated carbocycles. The Kier molecular flexibility index (Phi) is 5.69. The third kappa shape index (κ3) is 3.34. The minimum atomic E-state index is -3.91. The number of sulfonamides is 1. The molecule has 2 aromatic rings. The van der Waals surface area contributed by atoms with E-state index < -0.39 is 19.9 Å². The van der Waals surface area contributed by atoms with Gasteiger partial charge >= 0.3 is 16.0 Å². The molecular formula is C15H17BrNO5S2+. The van der Waals surface area contributed by atoms with Crippen LogP contribution in [-0.2, 0) is 19.6 Å². The van der Waals surface area contributed by atoms with Crippen molar-refractivity contribution in [1.82, 2.24) is 3.89 Å². The van der Waals surface area contributed by atoms with E-state index in [0.717, 1.165) is 0 Å². The Morgan fingerprint density at radius 1 is 1.21 bits per heavy atom. The number of nitrogens with zero attached hydrogens (tertiary/aromatic N) is 1. The summed E-state index contributed by atoms with van der Waals surface area (Å²) >= 11 is 4.61. The van der Waals surface area contributed by atoms with Crippen molar-refractivity contribution in [2.45, 2.75) is 4.90 Å². The smallest absolute Gasteiger partial charge is 0.363 e. The van der Waals surface area contributed by atoms with Crippen LogP contribution in [0.3, 0.4) is 0 Å². The lowest BCUT2D eigenvalue weighted by Crippen LogP contribution is -2.53. The lowest BCUT2D eigenvalue weighted by atomic mass is 10.3. The van der Waals surface area contributed by atoms with Gasteiger partial charge in [-0.1, -0.05) is 11.3 Å². The molecule has 0 bridgehead atoms. The Hall–Kier alpha value is -1.42. The number of ether oxygens (including phenoxy) is 2. The topological polar surface area (TPSA) is 69.7 Å². The second-order valence-corrected chi connectivity index (χ2v) is 9.04. The minimum absolute atomic E-state index is 0.0926. The Bertz CT molecular complexity index is 832. The molecule has 24 heavy (non-hydrogen) atoms. The molecule has 6 nitrogen and oxygen atoms in total. The first-order chi connectivity index (χ1) is 11.3. The molecule has 0 spiro atoms. The third-order valence-electron chi connectivity index (χ3n) is 3.57. The van der Waals surface area contributed by atoms with E-state index in [1.807, 2.05) is 0 Å². The van der Waals surface area contributed by atoms with Gasteiger partial charge in [-0.05, 0) is 51.6 Å². The van der Waals surface area contributed by atoms with Gasteiger partial charge < -0.3 is 9.47 Å². The van der Waals surface area contributed by atoms with Crippen molar-refractivity contribution in [2.24, 2.45) is 0 Å². The van der Waals surface area contributed by atoms with Crippen molar-refractivity contribution in [3.63, 3.8) is 0 Å². The fourth-order valence-electron chi connectivity index (χ4n) is 2.18. The number of carbonyl (C=O) groups is 1. The van der Waals surface area contributed by atoms with Crippen LogP contribution in [0.1, 0.15) is 0 Å². The SMILES string of the molecule is COC(=O)C[N+](C)(c1sccc1Br)S(=O)(=O)c1ccc(OC)cc1. The summed E-state index contributed by atoms with van der Waals surface area (Å²) in [4.78, 5) is 12.0. The second kappa shape index (κ2) is 7.22. The first-order valence-electron chi connectivity index (χ1n) is 6.81. The number of esters is 1. The summed E-state index contributed by atoms with van der Waals surface area (Å²) in [5.41, 5.74) is 0. The lowest BCUT2D eigenvalue weighted by Gasteiger charge is -2.30. The molecular weight excluding hydrogens is 418 g/mol. The van der Waals surface area contributed by atoms with Crippen molar-refractivity contribution < 1.29 is 22.7 Å². The summed E-state index contributed by atoms with van der Waals surface area (Å²) in [6, 6.07) is 7.81. The first-order valence-corrected chi connectivity index (χ1v) is 9.92. The molecule has 1 aromatic heterocycles. The lowest BCUT2D eigenvalue weighted by molar-refractivity contribution is -0.140. The van der Waals surface area contributed by atoms with E-state index in [2.05, 4.69) is 15.9 Å². The van der Waals surface area contributed by atoms with Crippen molar-refractivity contribution in [3.05, 3.63) is 40.2 Å². The monoisotopic (exact) mass is 434 g/mol. The number of likely N-dealkylation sites (N-methyl/N-ethyl adjacent to an activating group) is 1. The van der Waals surface area contributed by atoms with Gasteiger partial charge in [-0.25, -0.2) is 4.79 Å². The van der Waals surface area contributed by atoms with Crippen LogP contribution in [0.15, 0.2) is 45.1 Å². The highest BCUT2D eigenvalue weighted by Crippen LogP contribution is 2.40. The Morgan fingerprint density at radius 2 is 1.83 bits per heavy atom. The summed E-state index contributed by atoms with van der Waals surface area (Å²) in [5.74, 6) is -0.0664. The van der Waals surface area contributed by atoms with Gasteiger partial charge in [0.15, 0.2) is 6.54 Å². The maximum atomic E-state index is 13.3. The van der Waals surface area contributed by atoms with E-state index in [1.54, 1.807) is 23.6 Å². The maximum absolute atomic E-state index is 13.3. The van der Waals surface area contributed by atoms with Crippen LogP contribution >= 0.6 is 27.3 Å². The number of benzene rings is 1. The average Bonchev–Trinajstić information content (AvgIpc) is 3.01. The van der Waals surface area contributed by atoms with Gasteiger partial charge in [-0.2, -0.15) is 12.3 Å². The van der Waals surface area contributed by atoms with Gasteiger partial charge in [0.25, 0.3) is 0 Å². The Balaban J connectivity index is 2.60. The summed E-state index contributed by atoms with van der Waals surface area (Å²) in [6.45, 7) is -0.343. The van der Waals surface area contributed by atoms with Gasteiger partial charge in [-0.15, -0.1) is 0 Å². The van der Waals surface area contributed by atoms with Crippen LogP contribution in [0.25, 0.3) is 0 Å². The summed E-state index contributed by atoms with van der Waals surface area (Å²) in [7, 11) is 0.301. The Morgan fingerprint density at radius 3 is 2.29 bits per heavy atom. The highest BCUT2D eigenvalue weighted by atomic mass is 79.9. The predicted octanol–water partition coefficient (Wildman–Crippen LogP) is 3.02. The van der Waals surface area contributed by atoms with Crippen LogP contribution < -0.4 is 8.63 Å². The number of hydrogen-bond acceptors (Lipinski definition) is 6. The van der Waals surface area contributed by atoms with Crippen LogP contribution in [0.5, 0.6) is 5.75 Å². The molecule has 1 atom stereocenters. The second-order valence-electron chi connectivity index (χ2n) is 5.06. The number of rotatable bonds is 6. The highest BCUT2D eigenvalue weighted by Gasteiger charge is 2.46. The Labute approximate surface area is 153 Å². The fourth-order valence-corrected chi connectivity index (χ4v) is 6.04. The van der Waals surface area contributed by atoms with E-state index in [1.165, 1.54) is 44.7 Å². The van der Waals surface area contributed by atoms with Crippen LogP contribution in [0.4, 0.5) is 5.00 Å². The van der Waals surface area contributed by atoms with Crippen LogP contribution in [0.2, 0.25) is 0 Å². The zero-order chi connectivity index (χ0) is 18.0. The first kappa shape index (κ1) is 18.9. The third-order valence-corrected chi connectivity index (χ3v) is 7.95. The van der Waals surface area contributed by atoms with Crippen molar-refractivity contribution >= 4 is 48.3 Å². The van der Waals surface area contributed by atoms with Crippen LogP contribution in [-0.4, -0.2) is 42.2 Å². The standard InChI is InChI=1S/C15H17BrNO5S2/c1-17(10-14(18)22-3,15-13(16)8-9-23-15)24(19,20)12-6-4-11(21-2)5-7-12/h4-9H,10H2,1-3H3/q+1. The number of quaternary nitrogens is 1. The van der Waals surface area contributed by atoms with Crippen LogP contribution in [0, 0.1) is 0 Å². The molecule has 9 heteroatoms. The van der Waals surface area contributed by atoms with E-state index in [4.69, 9.17) is 9.47 Å². The van der Waals surface area contributed by atoms with Crippen molar-refractivity contribution in [1.29, 1.82) is 0 Å². The summed E-state index contributed by atoms with van der Waals surface area (Å²) in [5, 5.41) is 2.26. The number of hydrogen-bond donors (Lipinski definition) is 0. The van der Waals surface area contributed by atoms with E-state index in [9.17, 15) is 13.2 Å². The molecule has 130 valence electrons. The number of halogens is 1. The molecule has 2 rings (SSSR count). The van der Waals surface area contributed by atoms with Gasteiger partial charge in [0, 0.05) is 0 Å². The minimum Gasteiger partial charge on any atom is -0.497 e. The van der Waals surface area contributed by atoms with Crippen molar-refractivity contribution in [3.8, 4) is 5.75 Å². The van der Waals surface area contributed by atoms with Gasteiger partial charge in [0.05, 0.1) is 25.7 Å². The van der Waals surface area contributed by atoms with Gasteiger partial charge in [0.2, 0.25) is 5.00 Å². The molecule has 0 aliphatic carbocycles. The molecule has 0 radical (unpaired) electrons. The highest BCUT2D eigenvalue weighted by molar-refractivity contribution is 9.10. The fraction of sp³-hybridized carbons (Fsp3) is 0.267. The molecule has 1 aromatic carbocycles. The predicted molar refractivity (Wildman–Crippen MR) is 96.8 cm³/mol. The van der Waals surface area contributed by atoms with E-state index in [0.29, 0.717) is 15.2 Å². The number of carbonyl (C=O) groups excluding carboxylic acids is 1. The maximum Gasteiger partial charge on any atom is 0.363 e.